The molecule has 1 aliphatic heterocycles. The molecule has 1 heterocycles. The van der Waals surface area contributed by atoms with Crippen LogP contribution in [0.2, 0.25) is 0 Å². The second kappa shape index (κ2) is 9.94. The zero-order valence-corrected chi connectivity index (χ0v) is 16.4. The molecule has 0 unspecified atom stereocenters. The van der Waals surface area contributed by atoms with E-state index in [0.717, 1.165) is 24.5 Å². The largest absolute Gasteiger partial charge is 0.497 e. The van der Waals surface area contributed by atoms with Gasteiger partial charge < -0.3 is 19.9 Å². The highest BCUT2D eigenvalue weighted by Gasteiger charge is 2.25. The number of methoxy groups -OCH3 is 1. The minimum Gasteiger partial charge on any atom is -0.497 e. The van der Waals surface area contributed by atoms with Crippen molar-refractivity contribution in [3.05, 3.63) is 24.3 Å². The van der Waals surface area contributed by atoms with Crippen LogP contribution in [0.1, 0.15) is 26.7 Å². The molecule has 7 heteroatoms. The topological polar surface area (TPSA) is 79.0 Å². The van der Waals surface area contributed by atoms with E-state index >= 15 is 0 Å². The van der Waals surface area contributed by atoms with E-state index in [1.165, 1.54) is 0 Å². The van der Waals surface area contributed by atoms with Crippen molar-refractivity contribution in [3.8, 4) is 5.75 Å². The van der Waals surface area contributed by atoms with Gasteiger partial charge in [-0.05, 0) is 37.1 Å². The van der Waals surface area contributed by atoms with Gasteiger partial charge in [0.2, 0.25) is 11.7 Å². The number of Topliss-reactive ketones (excluding diaryl/α,β-unsaturated/α-hetero) is 1. The van der Waals surface area contributed by atoms with Crippen LogP contribution in [0.25, 0.3) is 0 Å². The van der Waals surface area contributed by atoms with E-state index in [4.69, 9.17) is 4.74 Å². The van der Waals surface area contributed by atoms with Crippen LogP contribution in [0.5, 0.6) is 5.75 Å². The summed E-state index contributed by atoms with van der Waals surface area (Å²) in [5, 5.41) is 2.48. The first-order valence-corrected chi connectivity index (χ1v) is 9.48. The number of anilines is 1. The predicted octanol–water partition coefficient (Wildman–Crippen LogP) is 1.47. The zero-order valence-electron chi connectivity index (χ0n) is 16.4. The Kier molecular flexibility index (Phi) is 7.64. The molecule has 7 nitrogen and oxygen atoms in total. The van der Waals surface area contributed by atoms with Gasteiger partial charge in [0.05, 0.1) is 13.7 Å². The zero-order chi connectivity index (χ0) is 19.8. The second-order valence-electron chi connectivity index (χ2n) is 6.63. The van der Waals surface area contributed by atoms with Crippen molar-refractivity contribution in [1.82, 2.24) is 10.2 Å². The highest BCUT2D eigenvalue weighted by Crippen LogP contribution is 2.20. The molecule has 1 saturated heterocycles. The summed E-state index contributed by atoms with van der Waals surface area (Å²) in [4.78, 5) is 40.2. The van der Waals surface area contributed by atoms with Crippen molar-refractivity contribution in [1.29, 1.82) is 0 Å². The number of carbonyl (C=O) groups is 3. The van der Waals surface area contributed by atoms with Crippen LogP contribution in [0, 0.1) is 5.92 Å². The van der Waals surface area contributed by atoms with Crippen LogP contribution < -0.4 is 15.0 Å². The quantitative estimate of drug-likeness (QED) is 0.696. The Labute approximate surface area is 160 Å². The van der Waals surface area contributed by atoms with E-state index < -0.39 is 11.7 Å². The Morgan fingerprint density at radius 2 is 1.63 bits per heavy atom. The SMILES string of the molecule is CCC(CC)C(=O)C(=O)NCC(=O)N1CCN(c2ccc(OC)cc2)CC1. The third-order valence-corrected chi connectivity index (χ3v) is 5.05. The molecular formula is C20H29N3O4. The first-order valence-electron chi connectivity index (χ1n) is 9.48. The lowest BCUT2D eigenvalue weighted by Crippen LogP contribution is -2.51. The average molecular weight is 375 g/mol. The first kappa shape index (κ1) is 20.7. The smallest absolute Gasteiger partial charge is 0.288 e. The molecule has 1 aromatic rings. The summed E-state index contributed by atoms with van der Waals surface area (Å²) < 4.78 is 5.17. The van der Waals surface area contributed by atoms with Crippen molar-refractivity contribution >= 4 is 23.3 Å². The molecule has 27 heavy (non-hydrogen) atoms. The fourth-order valence-electron chi connectivity index (χ4n) is 3.21. The summed E-state index contributed by atoms with van der Waals surface area (Å²) in [5.74, 6) is -0.708. The van der Waals surface area contributed by atoms with Gasteiger partial charge in [0, 0.05) is 37.8 Å². The van der Waals surface area contributed by atoms with Gasteiger partial charge in [0.25, 0.3) is 5.91 Å². The third-order valence-electron chi connectivity index (χ3n) is 5.05. The maximum absolute atomic E-state index is 12.3. The van der Waals surface area contributed by atoms with Crippen LogP contribution in [-0.2, 0) is 14.4 Å². The van der Waals surface area contributed by atoms with Gasteiger partial charge in [-0.2, -0.15) is 0 Å². The Morgan fingerprint density at radius 1 is 1.04 bits per heavy atom. The molecule has 0 saturated carbocycles. The van der Waals surface area contributed by atoms with Crippen molar-refractivity contribution in [2.75, 3.05) is 44.7 Å². The lowest BCUT2D eigenvalue weighted by Gasteiger charge is -2.36. The number of carbonyl (C=O) groups excluding carboxylic acids is 3. The van der Waals surface area contributed by atoms with Crippen LogP contribution in [-0.4, -0.2) is 62.3 Å². The molecule has 148 valence electrons. The van der Waals surface area contributed by atoms with Crippen LogP contribution in [0.4, 0.5) is 5.69 Å². The van der Waals surface area contributed by atoms with Crippen LogP contribution in [0.15, 0.2) is 24.3 Å². The van der Waals surface area contributed by atoms with Crippen molar-refractivity contribution in [2.24, 2.45) is 5.92 Å². The molecule has 1 aliphatic rings. The molecular weight excluding hydrogens is 346 g/mol. The Balaban J connectivity index is 1.79. The number of ether oxygens (including phenoxy) is 1. The fourth-order valence-corrected chi connectivity index (χ4v) is 3.21. The van der Waals surface area contributed by atoms with Gasteiger partial charge in [-0.25, -0.2) is 0 Å². The maximum atomic E-state index is 12.3. The molecule has 1 N–H and O–H groups in total. The minimum absolute atomic E-state index is 0.132. The van der Waals surface area contributed by atoms with Crippen LogP contribution in [0.3, 0.4) is 0 Å². The number of benzene rings is 1. The highest BCUT2D eigenvalue weighted by molar-refractivity contribution is 6.37. The monoisotopic (exact) mass is 375 g/mol. The number of rotatable bonds is 8. The van der Waals surface area contributed by atoms with Gasteiger partial charge in [0.1, 0.15) is 5.75 Å². The molecule has 0 aliphatic carbocycles. The van der Waals surface area contributed by atoms with Crippen molar-refractivity contribution in [2.45, 2.75) is 26.7 Å². The predicted molar refractivity (Wildman–Crippen MR) is 104 cm³/mol. The second-order valence-corrected chi connectivity index (χ2v) is 6.63. The maximum Gasteiger partial charge on any atom is 0.288 e. The molecule has 1 fully saturated rings. The Morgan fingerprint density at radius 3 is 2.15 bits per heavy atom. The standard InChI is InChI=1S/C20H29N3O4/c1-4-15(5-2)19(25)20(26)21-14-18(24)23-12-10-22(11-13-23)16-6-8-17(27-3)9-7-16/h6-9,15H,4-5,10-14H2,1-3H3,(H,21,26). The summed E-state index contributed by atoms with van der Waals surface area (Å²) in [6.07, 6.45) is 1.26. The fraction of sp³-hybridized carbons (Fsp3) is 0.550. The lowest BCUT2D eigenvalue weighted by molar-refractivity contribution is -0.141. The molecule has 2 amide bonds. The first-order chi connectivity index (χ1) is 13.0. The number of piperazine rings is 1. The summed E-state index contributed by atoms with van der Waals surface area (Å²) in [7, 11) is 1.64. The Bertz CT molecular complexity index is 648. The molecule has 0 atom stereocenters. The van der Waals surface area contributed by atoms with Gasteiger partial charge in [-0.3, -0.25) is 14.4 Å². The molecule has 2 rings (SSSR count). The van der Waals surface area contributed by atoms with E-state index in [1.54, 1.807) is 12.0 Å². The molecule has 0 radical (unpaired) electrons. The Hall–Kier alpha value is -2.57. The third kappa shape index (κ3) is 5.45. The number of amides is 2. The molecule has 0 bridgehead atoms. The van der Waals surface area contributed by atoms with E-state index in [2.05, 4.69) is 10.2 Å². The van der Waals surface area contributed by atoms with E-state index in [9.17, 15) is 14.4 Å². The number of nitrogens with zero attached hydrogens (tertiary/aromatic N) is 2. The lowest BCUT2D eigenvalue weighted by atomic mass is 9.98. The molecule has 0 aromatic heterocycles. The number of hydrogen-bond acceptors (Lipinski definition) is 5. The highest BCUT2D eigenvalue weighted by atomic mass is 16.5. The summed E-state index contributed by atoms with van der Waals surface area (Å²) in [6, 6.07) is 7.83. The van der Waals surface area contributed by atoms with Gasteiger partial charge in [0.15, 0.2) is 0 Å². The average Bonchev–Trinajstić information content (AvgIpc) is 2.72. The normalized spacial score (nSPS) is 14.2. The van der Waals surface area contributed by atoms with Crippen molar-refractivity contribution < 1.29 is 19.1 Å². The van der Waals surface area contributed by atoms with E-state index in [0.29, 0.717) is 25.9 Å². The summed E-state index contributed by atoms with van der Waals surface area (Å²) in [5.41, 5.74) is 1.09. The van der Waals surface area contributed by atoms with Crippen LogP contribution >= 0.6 is 0 Å². The number of hydrogen-bond donors (Lipinski definition) is 1. The number of ketones is 1. The van der Waals surface area contributed by atoms with Gasteiger partial charge >= 0.3 is 0 Å². The molecule has 1 aromatic carbocycles. The van der Waals surface area contributed by atoms with Gasteiger partial charge in [-0.15, -0.1) is 0 Å². The molecule has 0 spiro atoms. The number of nitrogens with one attached hydrogen (secondary N) is 1. The summed E-state index contributed by atoms with van der Waals surface area (Å²) in [6.45, 7) is 6.24. The van der Waals surface area contributed by atoms with Gasteiger partial charge in [-0.1, -0.05) is 13.8 Å². The van der Waals surface area contributed by atoms with Crippen molar-refractivity contribution in [3.63, 3.8) is 0 Å². The summed E-state index contributed by atoms with van der Waals surface area (Å²) >= 11 is 0. The van der Waals surface area contributed by atoms with E-state index in [-0.39, 0.29) is 18.4 Å². The van der Waals surface area contributed by atoms with E-state index in [1.807, 2.05) is 38.1 Å². The minimum atomic E-state index is -0.658.